The lowest BCUT2D eigenvalue weighted by Crippen LogP contribution is -2.47. The van der Waals surface area contributed by atoms with Crippen LogP contribution in [0.1, 0.15) is 24.3 Å². The first-order chi connectivity index (χ1) is 15.4. The molecule has 4 amide bonds. The normalized spacial score (nSPS) is 19.0. The van der Waals surface area contributed by atoms with Crippen molar-refractivity contribution in [3.8, 4) is 0 Å². The molecule has 0 bridgehead atoms. The van der Waals surface area contributed by atoms with E-state index in [1.165, 1.54) is 16.1 Å². The van der Waals surface area contributed by atoms with Crippen LogP contribution in [-0.2, 0) is 16.1 Å². The topological polar surface area (TPSA) is 94.9 Å². The summed E-state index contributed by atoms with van der Waals surface area (Å²) in [6.07, 6.45) is 3.12. The first-order valence-corrected chi connectivity index (χ1v) is 10.6. The van der Waals surface area contributed by atoms with Crippen molar-refractivity contribution >= 4 is 29.4 Å². The van der Waals surface area contributed by atoms with Crippen molar-refractivity contribution in [2.45, 2.75) is 25.6 Å². The van der Waals surface area contributed by atoms with Gasteiger partial charge >= 0.3 is 6.03 Å². The molecule has 9 heteroatoms. The van der Waals surface area contributed by atoms with Crippen molar-refractivity contribution < 1.29 is 18.8 Å². The number of hydrogen-bond acceptors (Lipinski definition) is 4. The van der Waals surface area contributed by atoms with Crippen molar-refractivity contribution in [1.82, 2.24) is 20.4 Å². The molecule has 0 spiro atoms. The number of rotatable bonds is 7. The molecule has 32 heavy (non-hydrogen) atoms. The van der Waals surface area contributed by atoms with E-state index in [2.05, 4.69) is 17.2 Å². The number of benzene rings is 1. The van der Waals surface area contributed by atoms with E-state index in [0.717, 1.165) is 0 Å². The summed E-state index contributed by atoms with van der Waals surface area (Å²) in [4.78, 5) is 42.0. The molecule has 2 atom stereocenters. The highest BCUT2D eigenvalue weighted by atomic mass is 35.5. The van der Waals surface area contributed by atoms with Crippen molar-refractivity contribution in [1.29, 1.82) is 0 Å². The molecule has 2 unspecified atom stereocenters. The summed E-state index contributed by atoms with van der Waals surface area (Å²) in [7, 11) is 0. The molecule has 1 aromatic heterocycles. The largest absolute Gasteiger partial charge is 0.467 e. The highest BCUT2D eigenvalue weighted by Gasteiger charge is 2.46. The molecule has 2 aromatic rings. The third-order valence-corrected chi connectivity index (χ3v) is 5.99. The van der Waals surface area contributed by atoms with Crippen LogP contribution in [0.3, 0.4) is 0 Å². The van der Waals surface area contributed by atoms with Gasteiger partial charge in [0.1, 0.15) is 11.8 Å². The smallest absolute Gasteiger partial charge is 0.322 e. The fraction of sp³-hybridized carbons (Fsp3) is 0.261. The molecule has 0 radical (unpaired) electrons. The maximum absolute atomic E-state index is 13.5. The minimum absolute atomic E-state index is 0.131. The highest BCUT2D eigenvalue weighted by Crippen LogP contribution is 2.39. The maximum atomic E-state index is 13.5. The van der Waals surface area contributed by atoms with E-state index in [0.29, 0.717) is 27.6 Å². The summed E-state index contributed by atoms with van der Waals surface area (Å²) in [5.74, 6) is -0.0282. The molecule has 2 aliphatic rings. The van der Waals surface area contributed by atoms with Crippen LogP contribution in [-0.4, -0.2) is 46.8 Å². The van der Waals surface area contributed by atoms with Crippen molar-refractivity contribution in [3.63, 3.8) is 0 Å². The number of carbonyl (C=O) groups excluding carboxylic acids is 3. The van der Waals surface area contributed by atoms with Crippen LogP contribution in [0.4, 0.5) is 4.79 Å². The number of amides is 4. The van der Waals surface area contributed by atoms with E-state index < -0.39 is 12.1 Å². The molecule has 0 saturated heterocycles. The molecule has 8 nitrogen and oxygen atoms in total. The maximum Gasteiger partial charge on any atom is 0.322 e. The lowest BCUT2D eigenvalue weighted by atomic mass is 9.95. The van der Waals surface area contributed by atoms with Crippen LogP contribution in [0.25, 0.3) is 0 Å². The third kappa shape index (κ3) is 3.89. The van der Waals surface area contributed by atoms with Crippen LogP contribution in [0.5, 0.6) is 0 Å². The van der Waals surface area contributed by atoms with Crippen molar-refractivity contribution in [3.05, 3.63) is 82.9 Å². The van der Waals surface area contributed by atoms with Gasteiger partial charge in [-0.25, -0.2) is 4.79 Å². The van der Waals surface area contributed by atoms with E-state index >= 15 is 0 Å². The first-order valence-electron chi connectivity index (χ1n) is 10.2. The number of nitrogens with zero attached hydrogens (tertiary/aromatic N) is 2. The molecule has 2 N–H and O–H groups in total. The molecular formula is C23H23ClN4O4. The van der Waals surface area contributed by atoms with E-state index in [9.17, 15) is 14.4 Å². The number of carbonyl (C=O) groups is 3. The molecule has 4 rings (SSSR count). The van der Waals surface area contributed by atoms with Crippen LogP contribution in [0, 0.1) is 0 Å². The number of urea groups is 1. The van der Waals surface area contributed by atoms with Gasteiger partial charge in [0, 0.05) is 11.6 Å². The Kier molecular flexibility index (Phi) is 6.05. The summed E-state index contributed by atoms with van der Waals surface area (Å²) in [6, 6.07) is 8.75. The van der Waals surface area contributed by atoms with Gasteiger partial charge in [0.15, 0.2) is 0 Å². The SMILES string of the molecule is C=CCN1C(=O)NC(c2ccccc2Cl)C2=C1CN(C(C)C(=O)NCc1ccco1)C2=O. The Morgan fingerprint density at radius 2 is 2.12 bits per heavy atom. The van der Waals surface area contributed by atoms with E-state index in [-0.39, 0.29) is 37.5 Å². The Balaban J connectivity index is 1.61. The molecule has 166 valence electrons. The molecule has 0 saturated carbocycles. The monoisotopic (exact) mass is 454 g/mol. The molecule has 1 aromatic carbocycles. The Morgan fingerprint density at radius 3 is 2.81 bits per heavy atom. The quantitative estimate of drug-likeness (QED) is 0.629. The van der Waals surface area contributed by atoms with Gasteiger partial charge in [-0.15, -0.1) is 6.58 Å². The second kappa shape index (κ2) is 8.92. The van der Waals surface area contributed by atoms with E-state index in [4.69, 9.17) is 16.0 Å². The zero-order valence-electron chi connectivity index (χ0n) is 17.5. The zero-order chi connectivity index (χ0) is 22.8. The summed E-state index contributed by atoms with van der Waals surface area (Å²) < 4.78 is 5.24. The van der Waals surface area contributed by atoms with Gasteiger partial charge in [-0.3, -0.25) is 14.5 Å². The van der Waals surface area contributed by atoms with Crippen LogP contribution >= 0.6 is 11.6 Å². The van der Waals surface area contributed by atoms with Gasteiger partial charge in [-0.05, 0) is 30.7 Å². The van der Waals surface area contributed by atoms with Gasteiger partial charge in [0.25, 0.3) is 5.91 Å². The fourth-order valence-electron chi connectivity index (χ4n) is 3.97. The van der Waals surface area contributed by atoms with Gasteiger partial charge in [0.2, 0.25) is 5.91 Å². The number of halogens is 1. The first kappa shape index (κ1) is 21.7. The van der Waals surface area contributed by atoms with Gasteiger partial charge < -0.3 is 20.0 Å². The average molecular weight is 455 g/mol. The van der Waals surface area contributed by atoms with E-state index in [1.807, 2.05) is 0 Å². The van der Waals surface area contributed by atoms with Gasteiger partial charge in [-0.1, -0.05) is 35.9 Å². The van der Waals surface area contributed by atoms with Crippen LogP contribution in [0.15, 0.2) is 71.0 Å². The van der Waals surface area contributed by atoms with Gasteiger partial charge in [-0.2, -0.15) is 0 Å². The highest BCUT2D eigenvalue weighted by molar-refractivity contribution is 6.31. The predicted octanol–water partition coefficient (Wildman–Crippen LogP) is 2.99. The Labute approximate surface area is 190 Å². The molecular weight excluding hydrogens is 432 g/mol. The Bertz CT molecular complexity index is 1100. The standard InChI is InChI=1S/C23H23ClN4O4/c1-3-10-27-18-13-28(14(2)21(29)25-12-15-7-6-11-32-15)22(30)19(18)20(26-23(27)31)16-8-4-5-9-17(16)24/h3-9,11,14,20H,1,10,12-13H2,2H3,(H,25,29)(H,26,31). The molecule has 0 aliphatic carbocycles. The molecule has 2 aliphatic heterocycles. The fourth-order valence-corrected chi connectivity index (χ4v) is 4.21. The molecule has 0 fully saturated rings. The van der Waals surface area contributed by atoms with Crippen molar-refractivity contribution in [2.24, 2.45) is 0 Å². The molecule has 3 heterocycles. The lowest BCUT2D eigenvalue weighted by Gasteiger charge is -2.33. The van der Waals surface area contributed by atoms with E-state index in [1.54, 1.807) is 49.4 Å². The minimum atomic E-state index is -0.754. The zero-order valence-corrected chi connectivity index (χ0v) is 18.3. The Hall–Kier alpha value is -3.52. The number of hydrogen-bond donors (Lipinski definition) is 2. The Morgan fingerprint density at radius 1 is 1.34 bits per heavy atom. The van der Waals surface area contributed by atoms with Crippen LogP contribution in [0.2, 0.25) is 5.02 Å². The number of furan rings is 1. The second-order valence-corrected chi connectivity index (χ2v) is 7.98. The summed E-state index contributed by atoms with van der Waals surface area (Å²) in [5.41, 5.74) is 1.58. The minimum Gasteiger partial charge on any atom is -0.467 e. The van der Waals surface area contributed by atoms with Crippen LogP contribution < -0.4 is 10.6 Å². The second-order valence-electron chi connectivity index (χ2n) is 7.57. The van der Waals surface area contributed by atoms with Crippen molar-refractivity contribution in [2.75, 3.05) is 13.1 Å². The number of nitrogens with one attached hydrogen (secondary N) is 2. The average Bonchev–Trinajstić information content (AvgIpc) is 3.42. The summed E-state index contributed by atoms with van der Waals surface area (Å²) in [5, 5.41) is 6.10. The summed E-state index contributed by atoms with van der Waals surface area (Å²) in [6.45, 7) is 5.95. The van der Waals surface area contributed by atoms with Gasteiger partial charge in [0.05, 0.1) is 36.7 Å². The summed E-state index contributed by atoms with van der Waals surface area (Å²) >= 11 is 6.38. The third-order valence-electron chi connectivity index (χ3n) is 5.64. The predicted molar refractivity (Wildman–Crippen MR) is 118 cm³/mol. The lowest BCUT2D eigenvalue weighted by molar-refractivity contribution is -0.135.